The van der Waals surface area contributed by atoms with Gasteiger partial charge in [-0.3, -0.25) is 0 Å². The molecule has 3 nitrogen and oxygen atoms in total. The van der Waals surface area contributed by atoms with Gasteiger partial charge in [-0.15, -0.1) is 0 Å². The summed E-state index contributed by atoms with van der Waals surface area (Å²) in [5.74, 6) is -0.948. The van der Waals surface area contributed by atoms with Gasteiger partial charge < -0.3 is 10.2 Å². The van der Waals surface area contributed by atoms with Crippen LogP contribution in [0, 0.1) is 41.1 Å². The number of likely N-dealkylation sites (tertiary alicyclic amines) is 1. The van der Waals surface area contributed by atoms with E-state index in [4.69, 9.17) is 0 Å². The van der Waals surface area contributed by atoms with E-state index in [1.807, 2.05) is 0 Å². The van der Waals surface area contributed by atoms with Crippen molar-refractivity contribution < 1.29 is 18.0 Å². The summed E-state index contributed by atoms with van der Waals surface area (Å²) in [6.45, 7) is 1.33. The van der Waals surface area contributed by atoms with E-state index in [9.17, 15) is 18.0 Å². The molecule has 1 aromatic carbocycles. The minimum absolute atomic E-state index is 0.442. The first-order chi connectivity index (χ1) is 10.5. The molecule has 4 rings (SSSR count). The van der Waals surface area contributed by atoms with Crippen LogP contribution in [0.2, 0.25) is 0 Å². The number of hydrogen-bond donors (Lipinski definition) is 1. The molecule has 3 fully saturated rings. The van der Waals surface area contributed by atoms with Gasteiger partial charge in [-0.05, 0) is 42.9 Å². The number of urea groups is 1. The first kappa shape index (κ1) is 13.9. The van der Waals surface area contributed by atoms with Crippen LogP contribution in [0.5, 0.6) is 0 Å². The molecule has 1 aromatic rings. The molecule has 6 heteroatoms. The molecule has 0 spiro atoms. The van der Waals surface area contributed by atoms with Crippen LogP contribution in [0.25, 0.3) is 0 Å². The van der Waals surface area contributed by atoms with Crippen molar-refractivity contribution >= 4 is 11.7 Å². The van der Waals surface area contributed by atoms with Crippen molar-refractivity contribution in [3.05, 3.63) is 29.6 Å². The average Bonchev–Trinajstić information content (AvgIpc) is 3.15. The van der Waals surface area contributed by atoms with Crippen molar-refractivity contribution in [2.24, 2.45) is 23.7 Å². The number of fused-ring (bicyclic) bond motifs is 5. The lowest BCUT2D eigenvalue weighted by Crippen LogP contribution is -2.34. The normalized spacial score (nSPS) is 32.4. The van der Waals surface area contributed by atoms with Gasteiger partial charge in [-0.2, -0.15) is 0 Å². The standard InChI is InChI=1S/C16H17F3N2O/c17-10-4-13(18)15(19)14(5-10)20-16(22)21-6-11-8-1-2-9(3-8)12(11)7-21/h4-5,8-9,11-12H,1-3,6-7H2,(H,20,22)/t8-,9+,11-,12+. The molecule has 0 radical (unpaired) electrons. The molecule has 1 heterocycles. The molecule has 1 N–H and O–H groups in total. The summed E-state index contributed by atoms with van der Waals surface area (Å²) >= 11 is 0. The predicted octanol–water partition coefficient (Wildman–Crippen LogP) is 3.61. The number of carbonyl (C=O) groups excluding carboxylic acids is 1. The molecule has 118 valence electrons. The van der Waals surface area contributed by atoms with Gasteiger partial charge in [0.2, 0.25) is 0 Å². The van der Waals surface area contributed by atoms with Gasteiger partial charge in [-0.25, -0.2) is 18.0 Å². The third kappa shape index (κ3) is 2.08. The largest absolute Gasteiger partial charge is 0.324 e. The fraction of sp³-hybridized carbons (Fsp3) is 0.562. The Bertz CT molecular complexity index is 618. The number of benzene rings is 1. The Balaban J connectivity index is 1.48. The van der Waals surface area contributed by atoms with Gasteiger partial charge in [0.15, 0.2) is 11.6 Å². The summed E-state index contributed by atoms with van der Waals surface area (Å²) in [6.07, 6.45) is 3.75. The molecule has 2 amide bonds. The van der Waals surface area contributed by atoms with E-state index in [0.29, 0.717) is 42.8 Å². The van der Waals surface area contributed by atoms with Crippen LogP contribution in [-0.4, -0.2) is 24.0 Å². The van der Waals surface area contributed by atoms with Gasteiger partial charge in [-0.1, -0.05) is 0 Å². The molecule has 0 aromatic heterocycles. The number of anilines is 1. The van der Waals surface area contributed by atoms with E-state index >= 15 is 0 Å². The van der Waals surface area contributed by atoms with E-state index in [1.54, 1.807) is 4.90 Å². The Hall–Kier alpha value is -1.72. The second-order valence-corrected chi connectivity index (χ2v) is 6.75. The maximum atomic E-state index is 13.6. The minimum Gasteiger partial charge on any atom is -0.324 e. The second kappa shape index (κ2) is 4.89. The zero-order valence-electron chi connectivity index (χ0n) is 12.0. The number of nitrogens with zero attached hydrogens (tertiary/aromatic N) is 1. The number of amides is 2. The van der Waals surface area contributed by atoms with E-state index < -0.39 is 29.2 Å². The van der Waals surface area contributed by atoms with Gasteiger partial charge in [0.25, 0.3) is 0 Å². The van der Waals surface area contributed by atoms with Crippen LogP contribution >= 0.6 is 0 Å². The van der Waals surface area contributed by atoms with E-state index in [1.165, 1.54) is 19.3 Å². The predicted molar refractivity (Wildman–Crippen MR) is 74.7 cm³/mol. The van der Waals surface area contributed by atoms with Crippen LogP contribution in [0.1, 0.15) is 19.3 Å². The fourth-order valence-corrected chi connectivity index (χ4v) is 4.69. The highest BCUT2D eigenvalue weighted by molar-refractivity contribution is 5.89. The number of rotatable bonds is 1. The first-order valence-corrected chi connectivity index (χ1v) is 7.73. The zero-order valence-corrected chi connectivity index (χ0v) is 12.0. The monoisotopic (exact) mass is 310 g/mol. The molecule has 2 saturated carbocycles. The third-order valence-corrected chi connectivity index (χ3v) is 5.66. The van der Waals surface area contributed by atoms with E-state index in [2.05, 4.69) is 5.32 Å². The lowest BCUT2D eigenvalue weighted by atomic mass is 9.82. The summed E-state index contributed by atoms with van der Waals surface area (Å²) in [4.78, 5) is 13.9. The average molecular weight is 310 g/mol. The Morgan fingerprint density at radius 2 is 1.73 bits per heavy atom. The van der Waals surface area contributed by atoms with Crippen molar-refractivity contribution in [3.8, 4) is 0 Å². The summed E-state index contributed by atoms with van der Waals surface area (Å²) in [6, 6.07) is 0.789. The summed E-state index contributed by atoms with van der Waals surface area (Å²) < 4.78 is 40.0. The number of hydrogen-bond acceptors (Lipinski definition) is 1. The molecular weight excluding hydrogens is 293 g/mol. The van der Waals surface area contributed by atoms with Crippen molar-refractivity contribution in [1.29, 1.82) is 0 Å². The highest BCUT2D eigenvalue weighted by Gasteiger charge is 2.52. The second-order valence-electron chi connectivity index (χ2n) is 6.75. The van der Waals surface area contributed by atoms with Crippen LogP contribution in [0.4, 0.5) is 23.7 Å². The number of nitrogens with one attached hydrogen (secondary N) is 1. The van der Waals surface area contributed by atoms with Crippen LogP contribution in [0.15, 0.2) is 12.1 Å². The van der Waals surface area contributed by atoms with Crippen molar-refractivity contribution in [1.82, 2.24) is 4.90 Å². The Kier molecular flexibility index (Phi) is 3.09. The molecule has 1 saturated heterocycles. The van der Waals surface area contributed by atoms with Crippen molar-refractivity contribution in [2.45, 2.75) is 19.3 Å². The van der Waals surface area contributed by atoms with Crippen LogP contribution in [0.3, 0.4) is 0 Å². The van der Waals surface area contributed by atoms with E-state index in [-0.39, 0.29) is 0 Å². The minimum atomic E-state index is -1.30. The van der Waals surface area contributed by atoms with Gasteiger partial charge >= 0.3 is 6.03 Å². The van der Waals surface area contributed by atoms with Crippen LogP contribution < -0.4 is 5.32 Å². The van der Waals surface area contributed by atoms with Gasteiger partial charge in [0.1, 0.15) is 5.82 Å². The highest BCUT2D eigenvalue weighted by Crippen LogP contribution is 2.55. The number of halogens is 3. The lowest BCUT2D eigenvalue weighted by Gasteiger charge is -2.22. The topological polar surface area (TPSA) is 32.3 Å². The first-order valence-electron chi connectivity index (χ1n) is 7.73. The van der Waals surface area contributed by atoms with Gasteiger partial charge in [0, 0.05) is 25.2 Å². The molecule has 3 aliphatic rings. The SMILES string of the molecule is O=C(Nc1cc(F)cc(F)c1F)N1C[C@@H]2[C@@H]3CC[C@@H](C3)[C@@H]2C1. The molecular formula is C16H17F3N2O. The maximum Gasteiger partial charge on any atom is 0.321 e. The molecule has 2 bridgehead atoms. The summed E-state index contributed by atoms with van der Waals surface area (Å²) in [5.41, 5.74) is -0.442. The fourth-order valence-electron chi connectivity index (χ4n) is 4.69. The zero-order chi connectivity index (χ0) is 15.4. The highest BCUT2D eigenvalue weighted by atomic mass is 19.2. The van der Waals surface area contributed by atoms with E-state index in [0.717, 1.165) is 6.07 Å². The Morgan fingerprint density at radius 3 is 2.36 bits per heavy atom. The van der Waals surface area contributed by atoms with Gasteiger partial charge in [0.05, 0.1) is 5.69 Å². The van der Waals surface area contributed by atoms with Crippen LogP contribution in [-0.2, 0) is 0 Å². The number of carbonyl (C=O) groups is 1. The lowest BCUT2D eigenvalue weighted by molar-refractivity contribution is 0.216. The molecule has 0 unspecified atom stereocenters. The Morgan fingerprint density at radius 1 is 1.09 bits per heavy atom. The summed E-state index contributed by atoms with van der Waals surface area (Å²) in [7, 11) is 0. The maximum absolute atomic E-state index is 13.6. The molecule has 1 aliphatic heterocycles. The van der Waals surface area contributed by atoms with Crippen molar-refractivity contribution in [3.63, 3.8) is 0 Å². The van der Waals surface area contributed by atoms with Crippen molar-refractivity contribution in [2.75, 3.05) is 18.4 Å². The third-order valence-electron chi connectivity index (χ3n) is 5.66. The Labute approximate surface area is 126 Å². The molecule has 4 atom stereocenters. The molecule has 2 aliphatic carbocycles. The smallest absolute Gasteiger partial charge is 0.321 e. The quantitative estimate of drug-likeness (QED) is 0.790. The molecule has 22 heavy (non-hydrogen) atoms. The summed E-state index contributed by atoms with van der Waals surface area (Å²) in [5, 5.41) is 2.31.